The van der Waals surface area contributed by atoms with Gasteiger partial charge in [0.15, 0.2) is 0 Å². The van der Waals surface area contributed by atoms with Crippen LogP contribution in [0.3, 0.4) is 0 Å². The van der Waals surface area contributed by atoms with Crippen molar-refractivity contribution in [3.05, 3.63) is 59.9 Å². The molecule has 0 saturated carbocycles. The molecule has 0 aliphatic rings. The number of aliphatic carboxylic acids is 1. The molecule has 2 aromatic rings. The predicted molar refractivity (Wildman–Crippen MR) is 78.7 cm³/mol. The molecular weight excluding hydrogens is 309 g/mol. The first-order valence-electron chi connectivity index (χ1n) is 6.96. The van der Waals surface area contributed by atoms with E-state index < -0.39 is 30.2 Å². The van der Waals surface area contributed by atoms with Crippen LogP contribution < -0.4 is 0 Å². The van der Waals surface area contributed by atoms with E-state index in [0.717, 1.165) is 0 Å². The lowest BCUT2D eigenvalue weighted by Gasteiger charge is -2.18. The summed E-state index contributed by atoms with van der Waals surface area (Å²) in [5.74, 6) is -7.22. The Morgan fingerprint density at radius 1 is 1.09 bits per heavy atom. The van der Waals surface area contributed by atoms with Gasteiger partial charge in [-0.1, -0.05) is 48.5 Å². The first-order chi connectivity index (χ1) is 10.8. The van der Waals surface area contributed by atoms with Crippen LogP contribution in [0.4, 0.5) is 13.2 Å². The van der Waals surface area contributed by atoms with E-state index in [2.05, 4.69) is 0 Å². The molecule has 0 saturated heterocycles. The summed E-state index contributed by atoms with van der Waals surface area (Å²) in [4.78, 5) is 10.4. The molecule has 2 aromatic carbocycles. The Kier molecular flexibility index (Phi) is 5.05. The molecule has 0 radical (unpaired) electrons. The van der Waals surface area contributed by atoms with Gasteiger partial charge in [0, 0.05) is 5.56 Å². The Bertz CT molecular complexity index is 687. The van der Waals surface area contributed by atoms with Crippen LogP contribution in [0.15, 0.2) is 48.5 Å². The standard InChI is InChI=1S/C17H15F3O3/c18-15-12(9-10-14(21)17(19,20)16(22)23)7-4-8-13(15)11-5-2-1-3-6-11/h1-8,14,21H,9-10H2,(H,22,23). The van der Waals surface area contributed by atoms with Crippen molar-refractivity contribution in [2.24, 2.45) is 0 Å². The van der Waals surface area contributed by atoms with Gasteiger partial charge in [-0.25, -0.2) is 9.18 Å². The van der Waals surface area contributed by atoms with Crippen molar-refractivity contribution in [1.82, 2.24) is 0 Å². The summed E-state index contributed by atoms with van der Waals surface area (Å²) in [5.41, 5.74) is 1.11. The zero-order chi connectivity index (χ0) is 17.0. The van der Waals surface area contributed by atoms with Gasteiger partial charge in [-0.15, -0.1) is 0 Å². The number of carbonyl (C=O) groups is 1. The number of rotatable bonds is 6. The molecule has 0 aliphatic heterocycles. The molecular formula is C17H15F3O3. The molecule has 0 bridgehead atoms. The molecule has 0 heterocycles. The fourth-order valence-corrected chi connectivity index (χ4v) is 2.23. The number of aliphatic hydroxyl groups excluding tert-OH is 1. The lowest BCUT2D eigenvalue weighted by Crippen LogP contribution is -2.41. The highest BCUT2D eigenvalue weighted by Crippen LogP contribution is 2.27. The Morgan fingerprint density at radius 3 is 2.35 bits per heavy atom. The van der Waals surface area contributed by atoms with Gasteiger partial charge < -0.3 is 10.2 Å². The Balaban J connectivity index is 2.18. The number of carboxylic acids is 1. The monoisotopic (exact) mass is 324 g/mol. The van der Waals surface area contributed by atoms with E-state index in [0.29, 0.717) is 11.1 Å². The molecule has 0 fully saturated rings. The third kappa shape index (κ3) is 3.71. The molecule has 6 heteroatoms. The smallest absolute Gasteiger partial charge is 0.377 e. The minimum atomic E-state index is -4.26. The maximum atomic E-state index is 14.5. The fourth-order valence-electron chi connectivity index (χ4n) is 2.23. The minimum absolute atomic E-state index is 0.145. The van der Waals surface area contributed by atoms with Crippen LogP contribution >= 0.6 is 0 Å². The van der Waals surface area contributed by atoms with Gasteiger partial charge in [0.25, 0.3) is 0 Å². The van der Waals surface area contributed by atoms with Crippen molar-refractivity contribution in [3.8, 4) is 11.1 Å². The van der Waals surface area contributed by atoms with Gasteiger partial charge in [-0.2, -0.15) is 8.78 Å². The summed E-state index contributed by atoms with van der Waals surface area (Å²) in [6.07, 6.45) is -3.13. The van der Waals surface area contributed by atoms with E-state index in [1.54, 1.807) is 42.5 Å². The summed E-state index contributed by atoms with van der Waals surface area (Å²) in [5, 5.41) is 17.7. The van der Waals surface area contributed by atoms with Crippen molar-refractivity contribution >= 4 is 5.97 Å². The number of carboxylic acid groups (broad SMARTS) is 1. The van der Waals surface area contributed by atoms with E-state index in [4.69, 9.17) is 5.11 Å². The molecule has 0 aromatic heterocycles. The van der Waals surface area contributed by atoms with Gasteiger partial charge in [0.05, 0.1) is 0 Å². The summed E-state index contributed by atoms with van der Waals surface area (Å²) in [6, 6.07) is 13.3. The van der Waals surface area contributed by atoms with Crippen molar-refractivity contribution in [2.45, 2.75) is 24.9 Å². The normalized spacial score (nSPS) is 12.9. The number of hydrogen-bond donors (Lipinski definition) is 2. The molecule has 2 rings (SSSR count). The summed E-state index contributed by atoms with van der Waals surface area (Å²) >= 11 is 0. The van der Waals surface area contributed by atoms with Gasteiger partial charge >= 0.3 is 11.9 Å². The second-order valence-electron chi connectivity index (χ2n) is 5.13. The van der Waals surface area contributed by atoms with Gasteiger partial charge in [0.1, 0.15) is 11.9 Å². The first-order valence-corrected chi connectivity index (χ1v) is 6.96. The average Bonchev–Trinajstić information content (AvgIpc) is 2.54. The largest absolute Gasteiger partial charge is 0.477 e. The van der Waals surface area contributed by atoms with E-state index >= 15 is 0 Å². The first kappa shape index (κ1) is 17.0. The number of aryl methyl sites for hydroxylation is 1. The highest BCUT2D eigenvalue weighted by Gasteiger charge is 2.46. The maximum Gasteiger partial charge on any atom is 0.377 e. The third-order valence-corrected chi connectivity index (χ3v) is 3.55. The summed E-state index contributed by atoms with van der Waals surface area (Å²) in [7, 11) is 0. The highest BCUT2D eigenvalue weighted by molar-refractivity contribution is 5.76. The van der Waals surface area contributed by atoms with E-state index in [-0.39, 0.29) is 12.0 Å². The number of benzene rings is 2. The van der Waals surface area contributed by atoms with Crippen LogP contribution in [0, 0.1) is 5.82 Å². The summed E-state index contributed by atoms with van der Waals surface area (Å²) < 4.78 is 40.8. The van der Waals surface area contributed by atoms with E-state index in [9.17, 15) is 23.1 Å². The Labute approximate surface area is 131 Å². The zero-order valence-electron chi connectivity index (χ0n) is 12.0. The van der Waals surface area contributed by atoms with Crippen LogP contribution in [0.2, 0.25) is 0 Å². The number of halogens is 3. The maximum absolute atomic E-state index is 14.5. The molecule has 0 aliphatic carbocycles. The number of hydrogen-bond acceptors (Lipinski definition) is 2. The summed E-state index contributed by atoms with van der Waals surface area (Å²) in [6.45, 7) is 0. The van der Waals surface area contributed by atoms with Crippen molar-refractivity contribution in [2.75, 3.05) is 0 Å². The molecule has 2 N–H and O–H groups in total. The zero-order valence-corrected chi connectivity index (χ0v) is 12.0. The fraction of sp³-hybridized carbons (Fsp3) is 0.235. The Morgan fingerprint density at radius 2 is 1.74 bits per heavy atom. The predicted octanol–water partition coefficient (Wildman–Crippen LogP) is 3.51. The molecule has 1 unspecified atom stereocenters. The minimum Gasteiger partial charge on any atom is -0.477 e. The second kappa shape index (κ2) is 6.83. The van der Waals surface area contributed by atoms with Gasteiger partial charge in [-0.05, 0) is 24.0 Å². The topological polar surface area (TPSA) is 57.5 Å². The SMILES string of the molecule is O=C(O)C(F)(F)C(O)CCc1cccc(-c2ccccc2)c1F. The van der Waals surface area contributed by atoms with E-state index in [1.807, 2.05) is 0 Å². The van der Waals surface area contributed by atoms with Crippen LogP contribution in [-0.4, -0.2) is 28.2 Å². The van der Waals surface area contributed by atoms with Crippen LogP contribution in [0.5, 0.6) is 0 Å². The quantitative estimate of drug-likeness (QED) is 0.855. The highest BCUT2D eigenvalue weighted by atomic mass is 19.3. The molecule has 3 nitrogen and oxygen atoms in total. The number of aliphatic hydroxyl groups is 1. The average molecular weight is 324 g/mol. The molecule has 0 amide bonds. The van der Waals surface area contributed by atoms with Crippen molar-refractivity contribution in [3.63, 3.8) is 0 Å². The molecule has 1 atom stereocenters. The second-order valence-corrected chi connectivity index (χ2v) is 5.13. The third-order valence-electron chi connectivity index (χ3n) is 3.55. The number of alkyl halides is 2. The van der Waals surface area contributed by atoms with E-state index in [1.165, 1.54) is 6.07 Å². The molecule has 122 valence electrons. The molecule has 23 heavy (non-hydrogen) atoms. The van der Waals surface area contributed by atoms with Crippen LogP contribution in [0.1, 0.15) is 12.0 Å². The van der Waals surface area contributed by atoms with Crippen molar-refractivity contribution < 1.29 is 28.2 Å². The van der Waals surface area contributed by atoms with Gasteiger partial charge in [-0.3, -0.25) is 0 Å². The lowest BCUT2D eigenvalue weighted by molar-refractivity contribution is -0.182. The lowest BCUT2D eigenvalue weighted by atomic mass is 9.97. The molecule has 0 spiro atoms. The Hall–Kier alpha value is -2.34. The van der Waals surface area contributed by atoms with Crippen LogP contribution in [0.25, 0.3) is 11.1 Å². The van der Waals surface area contributed by atoms with Gasteiger partial charge in [0.2, 0.25) is 0 Å². The van der Waals surface area contributed by atoms with Crippen molar-refractivity contribution in [1.29, 1.82) is 0 Å². The van der Waals surface area contributed by atoms with Crippen LogP contribution in [-0.2, 0) is 11.2 Å².